The summed E-state index contributed by atoms with van der Waals surface area (Å²) in [7, 11) is 6.66. The van der Waals surface area contributed by atoms with E-state index in [1.54, 1.807) is 52.7 Å². The number of nitrogens with zero attached hydrogens (tertiary/aromatic N) is 1. The molecule has 1 aromatic rings. The van der Waals surface area contributed by atoms with Crippen LogP contribution in [0.5, 0.6) is 0 Å². The number of rotatable bonds is 12. The Balaban J connectivity index is 1.28. The van der Waals surface area contributed by atoms with Crippen LogP contribution in [0.4, 0.5) is 5.69 Å². The van der Waals surface area contributed by atoms with Gasteiger partial charge in [-0.05, 0) is 43.9 Å². The maximum absolute atomic E-state index is 13.9. The number of methoxy groups -OCH3 is 4. The zero-order chi connectivity index (χ0) is 36.0. The van der Waals surface area contributed by atoms with E-state index < -0.39 is 57.9 Å². The number of aliphatic carboxylic acids is 1. The number of likely N-dealkylation sites (tertiary alicyclic amines) is 1. The molecule has 276 valence electrons. The third kappa shape index (κ3) is 4.46. The van der Waals surface area contributed by atoms with Gasteiger partial charge in [0.1, 0.15) is 11.2 Å². The molecule has 0 aromatic heterocycles. The van der Waals surface area contributed by atoms with Crippen LogP contribution in [0.3, 0.4) is 0 Å². The first-order chi connectivity index (χ1) is 23.8. The fraction of sp³-hybridized carbons (Fsp3) is 0.757. The second-order valence-electron chi connectivity index (χ2n) is 15.8. The third-order valence-corrected chi connectivity index (χ3v) is 14.1. The minimum Gasteiger partial charge on any atom is -0.481 e. The lowest BCUT2D eigenvalue weighted by atomic mass is 9.42. The first kappa shape index (κ1) is 35.7. The number of carbonyl (C=O) groups is 3. The van der Waals surface area contributed by atoms with Gasteiger partial charge in [-0.1, -0.05) is 26.0 Å². The summed E-state index contributed by atoms with van der Waals surface area (Å²) in [6.45, 7) is 4.65. The van der Waals surface area contributed by atoms with Crippen LogP contribution in [0, 0.1) is 40.4 Å². The number of ether oxygens (including phenoxy) is 5. The zero-order valence-corrected chi connectivity index (χ0v) is 29.8. The Bertz CT molecular complexity index is 1530. The van der Waals surface area contributed by atoms with E-state index in [1.807, 2.05) is 0 Å². The van der Waals surface area contributed by atoms with E-state index in [2.05, 4.69) is 17.1 Å². The van der Waals surface area contributed by atoms with Crippen molar-refractivity contribution in [2.45, 2.75) is 87.6 Å². The Kier molecular flexibility index (Phi) is 8.93. The van der Waals surface area contributed by atoms with Crippen LogP contribution in [0.1, 0.15) is 56.3 Å². The summed E-state index contributed by atoms with van der Waals surface area (Å²) in [5, 5.41) is 38.5. The quantitative estimate of drug-likeness (QED) is 0.235. The summed E-state index contributed by atoms with van der Waals surface area (Å²) in [4.78, 5) is 40.2. The normalized spacial score (nSPS) is 44.4. The highest BCUT2D eigenvalue weighted by Gasteiger charge is 2.91. The predicted molar refractivity (Wildman–Crippen MR) is 178 cm³/mol. The van der Waals surface area contributed by atoms with Crippen molar-refractivity contribution in [2.24, 2.45) is 40.4 Å². The Hall–Kier alpha value is -2.65. The molecule has 50 heavy (non-hydrogen) atoms. The van der Waals surface area contributed by atoms with Gasteiger partial charge in [0.25, 0.3) is 0 Å². The Labute approximate surface area is 292 Å². The lowest BCUT2D eigenvalue weighted by Crippen LogP contribution is -2.82. The number of likely N-dealkylation sites (N-methyl/N-ethyl adjacent to an activating group) is 1. The van der Waals surface area contributed by atoms with Gasteiger partial charge in [-0.3, -0.25) is 14.5 Å². The number of piperidine rings is 1. The lowest BCUT2D eigenvalue weighted by Gasteiger charge is -2.70. The molecule has 7 bridgehead atoms. The van der Waals surface area contributed by atoms with E-state index in [4.69, 9.17) is 23.7 Å². The van der Waals surface area contributed by atoms with Gasteiger partial charge >= 0.3 is 11.9 Å². The molecule has 1 aromatic carbocycles. The summed E-state index contributed by atoms with van der Waals surface area (Å²) < 4.78 is 31.3. The molecular formula is C37H52N2O11. The standard InChI is InChI=1S/C37H52N2O11/c1-7-39-17-34(18-50-32(43)20-10-8-9-11-23(20)38-26(40)14-19(2)31(41)42)13-12-25(47-4)36-22-15-21-24(46-3)16-35(44,27(22)28(21)48-5)37(45,33(36)39)30(49-6)29(34)36/h8-11,19,21-22,24-25,27-30,33,44-45H,7,12-18H2,1-6H3,(H,38,40)(H,41,42)/t19-,21-,22+,24+,25-,27+,28-,29+,30-,33-,34+,35-,36-,37+/m0/s1. The van der Waals surface area contributed by atoms with Crippen LogP contribution < -0.4 is 5.32 Å². The molecule has 7 rings (SSSR count). The Morgan fingerprint density at radius 2 is 1.80 bits per heavy atom. The van der Waals surface area contributed by atoms with Crippen LogP contribution in [0.15, 0.2) is 24.3 Å². The van der Waals surface area contributed by atoms with E-state index >= 15 is 0 Å². The summed E-state index contributed by atoms with van der Waals surface area (Å²) in [5.41, 5.74) is -4.20. The van der Waals surface area contributed by atoms with E-state index in [1.165, 1.54) is 6.92 Å². The molecular weight excluding hydrogens is 648 g/mol. The number of benzene rings is 1. The molecule has 6 fully saturated rings. The number of para-hydroxylation sites is 1. The average molecular weight is 701 g/mol. The number of fused-ring (bicyclic) bond motifs is 2. The second-order valence-corrected chi connectivity index (χ2v) is 15.8. The topological polar surface area (TPSA) is 173 Å². The maximum atomic E-state index is 13.9. The van der Waals surface area contributed by atoms with E-state index in [0.29, 0.717) is 25.9 Å². The Morgan fingerprint density at radius 1 is 1.06 bits per heavy atom. The number of nitrogens with one attached hydrogen (secondary N) is 1. The van der Waals surface area contributed by atoms with Crippen molar-refractivity contribution in [3.8, 4) is 0 Å². The molecule has 5 aliphatic carbocycles. The SMILES string of the molecule is CCN1C[C@@]2(COC(=O)c3ccccc3NC(=O)C[C@H](C)C(=O)O)CC[C@H](OC)[C@@]34[C@@H]5C[C@@H]6[C@H](OC)[C@@H]5[C@@](O)(C[C@H]6OC)[C@@](O)([C@@H](OC)[C@H]23)[C@@H]14. The van der Waals surface area contributed by atoms with Crippen LogP contribution in [0.2, 0.25) is 0 Å². The van der Waals surface area contributed by atoms with Gasteiger partial charge in [0.2, 0.25) is 5.91 Å². The molecule has 13 nitrogen and oxygen atoms in total. The number of carbonyl (C=O) groups excluding carboxylic acids is 2. The second kappa shape index (κ2) is 12.5. The minimum atomic E-state index is -1.71. The van der Waals surface area contributed by atoms with E-state index in [-0.39, 0.29) is 72.7 Å². The van der Waals surface area contributed by atoms with Crippen molar-refractivity contribution in [1.29, 1.82) is 0 Å². The van der Waals surface area contributed by atoms with Gasteiger partial charge in [0, 0.05) is 76.4 Å². The summed E-state index contributed by atoms with van der Waals surface area (Å²) in [6.07, 6.45) is 0.397. The van der Waals surface area contributed by atoms with Gasteiger partial charge < -0.3 is 44.3 Å². The predicted octanol–water partition coefficient (Wildman–Crippen LogP) is 2.19. The van der Waals surface area contributed by atoms with Crippen molar-refractivity contribution < 1.29 is 53.4 Å². The highest BCUT2D eigenvalue weighted by Crippen LogP contribution is 2.80. The summed E-state index contributed by atoms with van der Waals surface area (Å²) in [5.74, 6) is -3.87. The first-order valence-corrected chi connectivity index (χ1v) is 17.9. The third-order valence-electron chi connectivity index (χ3n) is 14.1. The molecule has 1 spiro atoms. The zero-order valence-electron chi connectivity index (χ0n) is 29.8. The highest BCUT2D eigenvalue weighted by atomic mass is 16.5. The van der Waals surface area contributed by atoms with Crippen molar-refractivity contribution in [3.05, 3.63) is 29.8 Å². The van der Waals surface area contributed by atoms with Crippen LogP contribution in [0.25, 0.3) is 0 Å². The van der Waals surface area contributed by atoms with Crippen LogP contribution >= 0.6 is 0 Å². The number of hydrogen-bond acceptors (Lipinski definition) is 11. The molecule has 1 saturated heterocycles. The highest BCUT2D eigenvalue weighted by molar-refractivity contribution is 6.01. The van der Waals surface area contributed by atoms with Gasteiger partial charge in [-0.2, -0.15) is 0 Å². The Morgan fingerprint density at radius 3 is 2.44 bits per heavy atom. The number of anilines is 1. The molecule has 1 amide bonds. The largest absolute Gasteiger partial charge is 0.481 e. The number of esters is 1. The van der Waals surface area contributed by atoms with Gasteiger partial charge in [-0.25, -0.2) is 4.79 Å². The fourth-order valence-electron chi connectivity index (χ4n) is 12.6. The van der Waals surface area contributed by atoms with E-state index in [0.717, 1.165) is 6.42 Å². The van der Waals surface area contributed by atoms with Crippen LogP contribution in [-0.4, -0.2) is 128 Å². The lowest BCUT2D eigenvalue weighted by molar-refractivity contribution is -0.320. The number of amides is 1. The van der Waals surface area contributed by atoms with Gasteiger partial charge in [-0.15, -0.1) is 0 Å². The maximum Gasteiger partial charge on any atom is 0.340 e. The molecule has 1 aliphatic heterocycles. The minimum absolute atomic E-state index is 0.0276. The molecule has 13 heteroatoms. The first-order valence-electron chi connectivity index (χ1n) is 17.9. The fourth-order valence-corrected chi connectivity index (χ4v) is 12.6. The number of aliphatic hydroxyl groups is 2. The molecule has 4 N–H and O–H groups in total. The molecule has 5 saturated carbocycles. The molecule has 0 radical (unpaired) electrons. The van der Waals surface area contributed by atoms with Crippen molar-refractivity contribution in [3.63, 3.8) is 0 Å². The molecule has 14 atom stereocenters. The smallest absolute Gasteiger partial charge is 0.340 e. The monoisotopic (exact) mass is 700 g/mol. The molecule has 0 unspecified atom stereocenters. The van der Waals surface area contributed by atoms with Crippen molar-refractivity contribution >= 4 is 23.5 Å². The molecule has 6 aliphatic rings. The summed E-state index contributed by atoms with van der Waals surface area (Å²) in [6, 6.07) is 6.05. The molecule has 1 heterocycles. The summed E-state index contributed by atoms with van der Waals surface area (Å²) >= 11 is 0. The number of carboxylic acids is 1. The van der Waals surface area contributed by atoms with Crippen molar-refractivity contribution in [1.82, 2.24) is 4.90 Å². The van der Waals surface area contributed by atoms with Crippen LogP contribution in [-0.2, 0) is 33.3 Å². The number of hydrogen-bond donors (Lipinski definition) is 4. The van der Waals surface area contributed by atoms with Gasteiger partial charge in [0.05, 0.1) is 54.2 Å². The number of carboxylic acid groups (broad SMARTS) is 1. The van der Waals surface area contributed by atoms with Gasteiger partial charge in [0.15, 0.2) is 0 Å². The average Bonchev–Trinajstić information content (AvgIpc) is 3.52. The van der Waals surface area contributed by atoms with E-state index in [9.17, 15) is 29.7 Å². The van der Waals surface area contributed by atoms with Crippen molar-refractivity contribution in [2.75, 3.05) is 53.5 Å².